The van der Waals surface area contributed by atoms with Gasteiger partial charge in [0.25, 0.3) is 0 Å². The van der Waals surface area contributed by atoms with Crippen LogP contribution >= 0.6 is 0 Å². The molecule has 2 aromatic rings. The third-order valence-corrected chi connectivity index (χ3v) is 2.33. The molecular formula is C12H14N2O. The number of rotatable bonds is 3. The molecule has 0 saturated heterocycles. The topological polar surface area (TPSA) is 38.0 Å². The SMILES string of the molecule is Cn1cc(CCO)nc1-c1ccccc1. The van der Waals surface area contributed by atoms with Gasteiger partial charge in [-0.2, -0.15) is 0 Å². The van der Waals surface area contributed by atoms with E-state index in [1.165, 1.54) is 0 Å². The van der Waals surface area contributed by atoms with Crippen LogP contribution in [-0.2, 0) is 13.5 Å². The lowest BCUT2D eigenvalue weighted by Gasteiger charge is -1.99. The van der Waals surface area contributed by atoms with Crippen LogP contribution in [0.4, 0.5) is 0 Å². The second kappa shape index (κ2) is 4.28. The number of imidazole rings is 1. The Labute approximate surface area is 89.0 Å². The van der Waals surface area contributed by atoms with E-state index in [0.717, 1.165) is 17.1 Å². The van der Waals surface area contributed by atoms with Gasteiger partial charge in [0.15, 0.2) is 0 Å². The van der Waals surface area contributed by atoms with Crippen LogP contribution in [0.1, 0.15) is 5.69 Å². The van der Waals surface area contributed by atoms with Gasteiger partial charge in [-0.3, -0.25) is 0 Å². The Morgan fingerprint density at radius 1 is 1.27 bits per heavy atom. The summed E-state index contributed by atoms with van der Waals surface area (Å²) in [7, 11) is 1.97. The summed E-state index contributed by atoms with van der Waals surface area (Å²) in [5, 5.41) is 8.84. The first-order valence-corrected chi connectivity index (χ1v) is 5.00. The Morgan fingerprint density at radius 2 is 2.00 bits per heavy atom. The summed E-state index contributed by atoms with van der Waals surface area (Å²) in [6.45, 7) is 0.144. The molecule has 0 spiro atoms. The molecule has 0 saturated carbocycles. The summed E-state index contributed by atoms with van der Waals surface area (Å²) in [4.78, 5) is 4.47. The van der Waals surface area contributed by atoms with Crippen LogP contribution in [0.15, 0.2) is 36.5 Å². The van der Waals surface area contributed by atoms with Gasteiger partial charge >= 0.3 is 0 Å². The van der Waals surface area contributed by atoms with Crippen molar-refractivity contribution in [2.45, 2.75) is 6.42 Å². The molecule has 1 aromatic carbocycles. The Kier molecular flexibility index (Phi) is 2.83. The van der Waals surface area contributed by atoms with Crippen molar-refractivity contribution in [3.05, 3.63) is 42.2 Å². The summed E-state index contributed by atoms with van der Waals surface area (Å²) in [6, 6.07) is 10.0. The van der Waals surface area contributed by atoms with Crippen LogP contribution < -0.4 is 0 Å². The van der Waals surface area contributed by atoms with Crippen LogP contribution in [0.5, 0.6) is 0 Å². The second-order valence-corrected chi connectivity index (χ2v) is 3.51. The molecule has 3 nitrogen and oxygen atoms in total. The largest absolute Gasteiger partial charge is 0.396 e. The molecule has 0 fully saturated rings. The van der Waals surface area contributed by atoms with Crippen LogP contribution in [0.3, 0.4) is 0 Å². The zero-order valence-corrected chi connectivity index (χ0v) is 8.72. The quantitative estimate of drug-likeness (QED) is 0.821. The summed E-state index contributed by atoms with van der Waals surface area (Å²) >= 11 is 0. The highest BCUT2D eigenvalue weighted by molar-refractivity contribution is 5.55. The molecule has 0 bridgehead atoms. The van der Waals surface area contributed by atoms with E-state index in [1.807, 2.05) is 48.1 Å². The van der Waals surface area contributed by atoms with Crippen molar-refractivity contribution in [3.63, 3.8) is 0 Å². The molecule has 15 heavy (non-hydrogen) atoms. The van der Waals surface area contributed by atoms with E-state index < -0.39 is 0 Å². The van der Waals surface area contributed by atoms with E-state index in [4.69, 9.17) is 5.11 Å². The molecular weight excluding hydrogens is 188 g/mol. The molecule has 3 heteroatoms. The first-order valence-electron chi connectivity index (χ1n) is 5.00. The number of nitrogens with zero attached hydrogens (tertiary/aromatic N) is 2. The minimum absolute atomic E-state index is 0.144. The smallest absolute Gasteiger partial charge is 0.139 e. The molecule has 1 N–H and O–H groups in total. The number of aromatic nitrogens is 2. The normalized spacial score (nSPS) is 10.5. The Bertz CT molecular complexity index is 434. The third-order valence-electron chi connectivity index (χ3n) is 2.33. The van der Waals surface area contributed by atoms with Crippen molar-refractivity contribution >= 4 is 0 Å². The molecule has 0 radical (unpaired) electrons. The molecule has 0 aliphatic carbocycles. The predicted octanol–water partition coefficient (Wildman–Crippen LogP) is 1.62. The molecule has 0 aliphatic heterocycles. The van der Waals surface area contributed by atoms with Crippen molar-refractivity contribution in [1.29, 1.82) is 0 Å². The number of benzene rings is 1. The Balaban J connectivity index is 2.36. The summed E-state index contributed by atoms with van der Waals surface area (Å²) in [6.07, 6.45) is 2.57. The highest BCUT2D eigenvalue weighted by atomic mass is 16.3. The fourth-order valence-corrected chi connectivity index (χ4v) is 1.62. The van der Waals surface area contributed by atoms with Gasteiger partial charge in [0, 0.05) is 31.8 Å². The average Bonchev–Trinajstić information content (AvgIpc) is 2.61. The molecule has 0 aliphatic rings. The van der Waals surface area contributed by atoms with E-state index in [-0.39, 0.29) is 6.61 Å². The van der Waals surface area contributed by atoms with Gasteiger partial charge in [-0.25, -0.2) is 4.98 Å². The van der Waals surface area contributed by atoms with Crippen LogP contribution in [-0.4, -0.2) is 21.3 Å². The molecule has 0 atom stereocenters. The molecule has 0 amide bonds. The summed E-state index contributed by atoms with van der Waals surface area (Å²) < 4.78 is 1.99. The van der Waals surface area contributed by atoms with Crippen molar-refractivity contribution in [2.24, 2.45) is 7.05 Å². The lowest BCUT2D eigenvalue weighted by Crippen LogP contribution is -1.90. The number of hydrogen-bond donors (Lipinski definition) is 1. The fourth-order valence-electron chi connectivity index (χ4n) is 1.62. The van der Waals surface area contributed by atoms with E-state index >= 15 is 0 Å². The van der Waals surface area contributed by atoms with Gasteiger partial charge in [0.1, 0.15) is 5.82 Å². The zero-order valence-electron chi connectivity index (χ0n) is 8.72. The van der Waals surface area contributed by atoms with E-state index in [2.05, 4.69) is 4.98 Å². The van der Waals surface area contributed by atoms with Crippen molar-refractivity contribution < 1.29 is 5.11 Å². The lowest BCUT2D eigenvalue weighted by molar-refractivity contribution is 0.298. The molecule has 1 aromatic heterocycles. The average molecular weight is 202 g/mol. The van der Waals surface area contributed by atoms with Gasteiger partial charge in [0.05, 0.1) is 5.69 Å². The van der Waals surface area contributed by atoms with Gasteiger partial charge < -0.3 is 9.67 Å². The fraction of sp³-hybridized carbons (Fsp3) is 0.250. The van der Waals surface area contributed by atoms with E-state index in [0.29, 0.717) is 6.42 Å². The van der Waals surface area contributed by atoms with Gasteiger partial charge in [0.2, 0.25) is 0 Å². The third kappa shape index (κ3) is 2.07. The maximum Gasteiger partial charge on any atom is 0.139 e. The Morgan fingerprint density at radius 3 is 2.67 bits per heavy atom. The van der Waals surface area contributed by atoms with Crippen LogP contribution in [0.2, 0.25) is 0 Å². The second-order valence-electron chi connectivity index (χ2n) is 3.51. The van der Waals surface area contributed by atoms with E-state index in [9.17, 15) is 0 Å². The summed E-state index contributed by atoms with van der Waals surface area (Å²) in [5.74, 6) is 0.944. The van der Waals surface area contributed by atoms with Crippen LogP contribution in [0, 0.1) is 0 Å². The lowest BCUT2D eigenvalue weighted by atomic mass is 10.2. The molecule has 0 unspecified atom stereocenters. The number of hydrogen-bond acceptors (Lipinski definition) is 2. The maximum absolute atomic E-state index is 8.84. The zero-order chi connectivity index (χ0) is 10.7. The standard InChI is InChI=1S/C12H14N2O/c1-14-9-11(7-8-15)13-12(14)10-5-3-2-4-6-10/h2-6,9,15H,7-8H2,1H3. The predicted molar refractivity (Wildman–Crippen MR) is 59.4 cm³/mol. The van der Waals surface area contributed by atoms with Gasteiger partial charge in [-0.15, -0.1) is 0 Å². The monoisotopic (exact) mass is 202 g/mol. The number of aliphatic hydroxyl groups is 1. The number of aliphatic hydroxyl groups excluding tert-OH is 1. The number of aryl methyl sites for hydroxylation is 1. The van der Waals surface area contributed by atoms with Crippen LogP contribution in [0.25, 0.3) is 11.4 Å². The van der Waals surface area contributed by atoms with E-state index in [1.54, 1.807) is 0 Å². The highest BCUT2D eigenvalue weighted by Gasteiger charge is 2.06. The van der Waals surface area contributed by atoms with Gasteiger partial charge in [-0.1, -0.05) is 30.3 Å². The first-order chi connectivity index (χ1) is 7.31. The summed E-state index contributed by atoms with van der Waals surface area (Å²) in [5.41, 5.74) is 2.03. The minimum atomic E-state index is 0.144. The minimum Gasteiger partial charge on any atom is -0.396 e. The molecule has 78 valence electrons. The first kappa shape index (κ1) is 9.93. The Hall–Kier alpha value is -1.61. The van der Waals surface area contributed by atoms with Gasteiger partial charge in [-0.05, 0) is 0 Å². The molecule has 2 rings (SSSR count). The van der Waals surface area contributed by atoms with Crippen molar-refractivity contribution in [3.8, 4) is 11.4 Å². The molecule has 1 heterocycles. The highest BCUT2D eigenvalue weighted by Crippen LogP contribution is 2.17. The van der Waals surface area contributed by atoms with Crippen molar-refractivity contribution in [2.75, 3.05) is 6.61 Å². The maximum atomic E-state index is 8.84. The van der Waals surface area contributed by atoms with Crippen molar-refractivity contribution in [1.82, 2.24) is 9.55 Å².